The molecule has 10 heteroatoms. The van der Waals surface area contributed by atoms with E-state index in [2.05, 4.69) is 15.9 Å². The van der Waals surface area contributed by atoms with Crippen LogP contribution in [0.5, 0.6) is 0 Å². The van der Waals surface area contributed by atoms with Crippen molar-refractivity contribution in [3.8, 4) is 0 Å². The van der Waals surface area contributed by atoms with Gasteiger partial charge >= 0.3 is 11.0 Å². The van der Waals surface area contributed by atoms with Crippen LogP contribution in [-0.2, 0) is 11.2 Å². The molecule has 1 nitrogen and oxygen atoms in total. The zero-order valence-electron chi connectivity index (χ0n) is 10.0. The van der Waals surface area contributed by atoms with E-state index in [9.17, 15) is 31.1 Å². The van der Waals surface area contributed by atoms with Crippen molar-refractivity contribution in [1.29, 1.82) is 0 Å². The van der Waals surface area contributed by atoms with Gasteiger partial charge < -0.3 is 0 Å². The van der Waals surface area contributed by atoms with Gasteiger partial charge in [-0.1, -0.05) is 22.0 Å². The summed E-state index contributed by atoms with van der Waals surface area (Å²) in [6.45, 7) is 0. The fraction of sp³-hybridized carbons (Fsp3) is 0.364. The highest BCUT2D eigenvalue weighted by Gasteiger charge is 2.35. The minimum Gasteiger partial charge on any atom is -0.298 e. The van der Waals surface area contributed by atoms with Crippen LogP contribution in [0.4, 0.5) is 26.3 Å². The Morgan fingerprint density at radius 2 is 1.52 bits per heavy atom. The van der Waals surface area contributed by atoms with Gasteiger partial charge in [-0.25, -0.2) is 0 Å². The quantitative estimate of drug-likeness (QED) is 0.365. The minimum absolute atomic E-state index is 0.0216. The summed E-state index contributed by atoms with van der Waals surface area (Å²) in [6, 6.07) is 3.13. The number of carbonyl (C=O) groups excluding carboxylic acids is 1. The molecule has 0 N–H and O–H groups in total. The van der Waals surface area contributed by atoms with E-state index in [4.69, 9.17) is 0 Å². The highest BCUT2D eigenvalue weighted by molar-refractivity contribution is 9.09. The van der Waals surface area contributed by atoms with Gasteiger partial charge in [0.1, 0.15) is 5.78 Å². The number of hydrogen-bond donors (Lipinski definition) is 0. The normalized spacial score (nSPS) is 12.5. The lowest BCUT2D eigenvalue weighted by atomic mass is 10.1. The molecule has 0 radical (unpaired) electrons. The van der Waals surface area contributed by atoms with Crippen LogP contribution in [0.15, 0.2) is 28.0 Å². The van der Waals surface area contributed by atoms with E-state index in [1.165, 1.54) is 6.07 Å². The lowest BCUT2D eigenvalue weighted by Gasteiger charge is -2.13. The minimum atomic E-state index is -4.71. The van der Waals surface area contributed by atoms with Gasteiger partial charge in [-0.3, -0.25) is 4.79 Å². The van der Waals surface area contributed by atoms with E-state index >= 15 is 0 Å². The van der Waals surface area contributed by atoms with Crippen LogP contribution in [0.1, 0.15) is 5.56 Å². The Balaban J connectivity index is 3.10. The third-order valence-electron chi connectivity index (χ3n) is 2.01. The fourth-order valence-corrected chi connectivity index (χ4v) is 2.97. The molecular formula is C11H7BrF6OS2. The van der Waals surface area contributed by atoms with Crippen LogP contribution in [0.25, 0.3) is 0 Å². The zero-order valence-corrected chi connectivity index (χ0v) is 13.2. The molecule has 0 saturated carbocycles. The third-order valence-corrected chi connectivity index (χ3v) is 4.36. The predicted octanol–water partition coefficient (Wildman–Crippen LogP) is 5.42. The second kappa shape index (κ2) is 7.28. The number of hydrogen-bond acceptors (Lipinski definition) is 3. The average Bonchev–Trinajstić information content (AvgIpc) is 2.28. The van der Waals surface area contributed by atoms with Crippen molar-refractivity contribution in [1.82, 2.24) is 0 Å². The van der Waals surface area contributed by atoms with Crippen LogP contribution in [0, 0.1) is 0 Å². The Morgan fingerprint density at radius 1 is 1.00 bits per heavy atom. The number of carbonyl (C=O) groups is 1. The third kappa shape index (κ3) is 7.46. The Bertz CT molecular complexity index is 514. The highest BCUT2D eigenvalue weighted by atomic mass is 79.9. The smallest absolute Gasteiger partial charge is 0.298 e. The summed E-state index contributed by atoms with van der Waals surface area (Å²) < 4.78 is 74.2. The molecule has 0 bridgehead atoms. The molecule has 0 spiro atoms. The fourth-order valence-electron chi connectivity index (χ4n) is 1.35. The lowest BCUT2D eigenvalue weighted by molar-refractivity contribution is -0.115. The number of halogens is 7. The largest absolute Gasteiger partial charge is 0.446 e. The van der Waals surface area contributed by atoms with Gasteiger partial charge in [-0.2, -0.15) is 26.3 Å². The maximum Gasteiger partial charge on any atom is 0.446 e. The molecule has 1 rings (SSSR count). The summed E-state index contributed by atoms with van der Waals surface area (Å²) in [6.07, 6.45) is -0.145. The molecule has 0 amide bonds. The summed E-state index contributed by atoms with van der Waals surface area (Å²) in [4.78, 5) is 10.1. The second-order valence-electron chi connectivity index (χ2n) is 3.73. The van der Waals surface area contributed by atoms with Crippen LogP contribution in [0.3, 0.4) is 0 Å². The summed E-state index contributed by atoms with van der Waals surface area (Å²) in [5.41, 5.74) is -9.16. The maximum absolute atomic E-state index is 12.4. The number of alkyl halides is 7. The molecule has 0 fully saturated rings. The zero-order chi connectivity index (χ0) is 16.3. The molecule has 21 heavy (non-hydrogen) atoms. The van der Waals surface area contributed by atoms with E-state index in [-0.39, 0.29) is 23.1 Å². The number of Topliss-reactive ketones (excluding diaryl/α,β-unsaturated/α-hetero) is 1. The monoisotopic (exact) mass is 412 g/mol. The molecule has 0 aromatic heterocycles. The predicted molar refractivity (Wildman–Crippen MR) is 72.8 cm³/mol. The molecule has 1 aromatic carbocycles. The van der Waals surface area contributed by atoms with Crippen molar-refractivity contribution in [2.75, 3.05) is 5.33 Å². The molecule has 1 aromatic rings. The first-order valence-electron chi connectivity index (χ1n) is 5.22. The number of thioether (sulfide) groups is 2. The van der Waals surface area contributed by atoms with Crippen molar-refractivity contribution in [3.05, 3.63) is 23.8 Å². The van der Waals surface area contributed by atoms with Crippen molar-refractivity contribution >= 4 is 45.2 Å². The first kappa shape index (κ1) is 18.7. The van der Waals surface area contributed by atoms with Gasteiger partial charge in [-0.15, -0.1) is 0 Å². The van der Waals surface area contributed by atoms with E-state index in [0.717, 1.165) is 12.1 Å². The number of benzene rings is 1. The molecule has 0 saturated heterocycles. The van der Waals surface area contributed by atoms with Crippen LogP contribution < -0.4 is 0 Å². The Morgan fingerprint density at radius 3 is 2.00 bits per heavy atom. The molecule has 118 valence electrons. The van der Waals surface area contributed by atoms with E-state index in [1.54, 1.807) is 0 Å². The summed E-state index contributed by atoms with van der Waals surface area (Å²) in [7, 11) is 0. The second-order valence-corrected chi connectivity index (χ2v) is 6.50. The van der Waals surface area contributed by atoms with E-state index in [0.29, 0.717) is 0 Å². The van der Waals surface area contributed by atoms with Gasteiger partial charge in [0.05, 0.1) is 5.33 Å². The summed E-state index contributed by atoms with van der Waals surface area (Å²) in [5, 5.41) is 0.0216. The molecule has 0 heterocycles. The van der Waals surface area contributed by atoms with Crippen LogP contribution in [-0.4, -0.2) is 22.1 Å². The van der Waals surface area contributed by atoms with Crippen molar-refractivity contribution in [2.24, 2.45) is 0 Å². The SMILES string of the molecule is O=C(CBr)Cc1ccc(SC(F)(F)F)c(SC(F)(F)F)c1. The van der Waals surface area contributed by atoms with Gasteiger partial charge in [0, 0.05) is 16.2 Å². The van der Waals surface area contributed by atoms with Crippen molar-refractivity contribution in [2.45, 2.75) is 27.2 Å². The molecule has 0 aliphatic rings. The lowest BCUT2D eigenvalue weighted by Crippen LogP contribution is -2.06. The molecular weight excluding hydrogens is 406 g/mol. The van der Waals surface area contributed by atoms with E-state index in [1.807, 2.05) is 0 Å². The number of ketones is 1. The van der Waals surface area contributed by atoms with Gasteiger partial charge in [0.25, 0.3) is 0 Å². The van der Waals surface area contributed by atoms with Crippen molar-refractivity contribution < 1.29 is 31.1 Å². The molecule has 0 unspecified atom stereocenters. The van der Waals surface area contributed by atoms with Gasteiger partial charge in [-0.05, 0) is 41.2 Å². The molecule has 0 aliphatic heterocycles. The van der Waals surface area contributed by atoms with Gasteiger partial charge in [0.2, 0.25) is 0 Å². The molecule has 0 aliphatic carbocycles. The van der Waals surface area contributed by atoms with Crippen molar-refractivity contribution in [3.63, 3.8) is 0 Å². The summed E-state index contributed by atoms with van der Waals surface area (Å²) in [5.74, 6) is -0.283. The Labute approximate surface area is 133 Å². The maximum atomic E-state index is 12.4. The van der Waals surface area contributed by atoms with Gasteiger partial charge in [0.15, 0.2) is 0 Å². The highest BCUT2D eigenvalue weighted by Crippen LogP contribution is 2.46. The first-order valence-corrected chi connectivity index (χ1v) is 7.97. The Kier molecular flexibility index (Phi) is 6.48. The van der Waals surface area contributed by atoms with Crippen LogP contribution in [0.2, 0.25) is 0 Å². The summed E-state index contributed by atoms with van der Waals surface area (Å²) >= 11 is 1.67. The van der Waals surface area contributed by atoms with E-state index < -0.39 is 44.3 Å². The average molecular weight is 413 g/mol. The number of rotatable bonds is 5. The van der Waals surface area contributed by atoms with Crippen LogP contribution >= 0.6 is 39.5 Å². The first-order chi connectivity index (χ1) is 9.50. The topological polar surface area (TPSA) is 17.1 Å². The molecule has 0 atom stereocenters. The standard InChI is InChI=1S/C11H7BrF6OS2/c12-5-7(19)3-6-1-2-8(20-10(13,14)15)9(4-6)21-11(16,17)18/h1-2,4H,3,5H2. The Hall–Kier alpha value is -0.350.